The molecule has 4 aromatic rings. The van der Waals surface area contributed by atoms with E-state index in [1.165, 1.54) is 12.3 Å². The number of rotatable bonds is 3. The summed E-state index contributed by atoms with van der Waals surface area (Å²) in [5.41, 5.74) is 1.20. The van der Waals surface area contributed by atoms with Crippen LogP contribution in [0.3, 0.4) is 0 Å². The third-order valence-corrected chi connectivity index (χ3v) is 4.08. The lowest BCUT2D eigenvalue weighted by atomic mass is 10.1. The van der Waals surface area contributed by atoms with E-state index >= 15 is 0 Å². The topological polar surface area (TPSA) is 67.8 Å². The van der Waals surface area contributed by atoms with Gasteiger partial charge in [0.05, 0.1) is 16.8 Å². The van der Waals surface area contributed by atoms with Crippen LogP contribution in [-0.2, 0) is 0 Å². The molecule has 2 heterocycles. The van der Waals surface area contributed by atoms with Crippen molar-refractivity contribution in [3.05, 3.63) is 84.1 Å². The van der Waals surface area contributed by atoms with Crippen LogP contribution in [-0.4, -0.2) is 20.9 Å². The number of amides is 1. The molecular weight excluding hydrogens is 369 g/mol. The number of para-hydroxylation sites is 1. The van der Waals surface area contributed by atoms with E-state index in [2.05, 4.69) is 20.3 Å². The lowest BCUT2D eigenvalue weighted by Gasteiger charge is -2.08. The summed E-state index contributed by atoms with van der Waals surface area (Å²) in [6, 6.07) is 11.7. The van der Waals surface area contributed by atoms with E-state index < -0.39 is 23.4 Å². The van der Waals surface area contributed by atoms with Crippen LogP contribution < -0.4 is 5.32 Å². The molecule has 4 rings (SSSR count). The summed E-state index contributed by atoms with van der Waals surface area (Å²) in [5, 5.41) is 3.29. The van der Waals surface area contributed by atoms with Gasteiger partial charge in [-0.25, -0.2) is 23.1 Å². The van der Waals surface area contributed by atoms with Gasteiger partial charge in [-0.05, 0) is 24.3 Å². The molecule has 0 aliphatic heterocycles. The highest BCUT2D eigenvalue weighted by atomic mass is 19.2. The smallest absolute Gasteiger partial charge is 0.257 e. The van der Waals surface area contributed by atoms with Crippen molar-refractivity contribution in [2.75, 3.05) is 5.32 Å². The lowest BCUT2D eigenvalue weighted by Crippen LogP contribution is -2.14. The molecule has 0 aliphatic rings. The molecule has 8 heteroatoms. The second-order valence-electron chi connectivity index (χ2n) is 5.87. The first-order valence-corrected chi connectivity index (χ1v) is 8.15. The molecule has 28 heavy (non-hydrogen) atoms. The summed E-state index contributed by atoms with van der Waals surface area (Å²) in [7, 11) is 0. The third kappa shape index (κ3) is 3.27. The Balaban J connectivity index is 1.66. The average Bonchev–Trinajstić information content (AvgIpc) is 2.71. The molecule has 0 spiro atoms. The number of hydrogen-bond acceptors (Lipinski definition) is 4. The Morgan fingerprint density at radius 2 is 1.64 bits per heavy atom. The normalized spacial score (nSPS) is 10.8. The molecule has 0 aliphatic carbocycles. The number of fused-ring (bicyclic) bond motifs is 1. The first kappa shape index (κ1) is 17.6. The lowest BCUT2D eigenvalue weighted by molar-refractivity contribution is 0.102. The van der Waals surface area contributed by atoms with E-state index in [1.807, 2.05) is 6.07 Å². The van der Waals surface area contributed by atoms with Gasteiger partial charge in [-0.2, -0.15) is 0 Å². The summed E-state index contributed by atoms with van der Waals surface area (Å²) >= 11 is 0. The number of nitrogens with zero attached hydrogens (tertiary/aromatic N) is 3. The summed E-state index contributed by atoms with van der Waals surface area (Å²) in [6.45, 7) is 0. The largest absolute Gasteiger partial charge is 0.306 e. The SMILES string of the molecule is O=C(Nc1cc(-c2cc(F)c(F)c(F)c2)ncn1)c1ccnc2ccccc12. The number of hydrogen-bond donors (Lipinski definition) is 1. The van der Waals surface area contributed by atoms with Gasteiger partial charge in [0.1, 0.15) is 12.1 Å². The number of aromatic nitrogens is 3. The van der Waals surface area contributed by atoms with E-state index in [0.717, 1.165) is 18.5 Å². The maximum absolute atomic E-state index is 13.5. The number of nitrogens with one attached hydrogen (secondary N) is 1. The van der Waals surface area contributed by atoms with Crippen LogP contribution in [0.2, 0.25) is 0 Å². The second-order valence-corrected chi connectivity index (χ2v) is 5.87. The number of carbonyl (C=O) groups is 1. The molecular formula is C20H11F3N4O. The van der Waals surface area contributed by atoms with Crippen LogP contribution in [0, 0.1) is 17.5 Å². The van der Waals surface area contributed by atoms with Crippen molar-refractivity contribution < 1.29 is 18.0 Å². The molecule has 0 saturated heterocycles. The minimum Gasteiger partial charge on any atom is -0.306 e. The summed E-state index contributed by atoms with van der Waals surface area (Å²) in [5.74, 6) is -4.53. The fraction of sp³-hybridized carbons (Fsp3) is 0. The van der Waals surface area contributed by atoms with Crippen LogP contribution in [0.1, 0.15) is 10.4 Å². The van der Waals surface area contributed by atoms with Gasteiger partial charge in [-0.1, -0.05) is 18.2 Å². The van der Waals surface area contributed by atoms with Crippen molar-refractivity contribution in [1.29, 1.82) is 0 Å². The number of anilines is 1. The molecule has 0 atom stereocenters. The van der Waals surface area contributed by atoms with Crippen molar-refractivity contribution in [2.45, 2.75) is 0 Å². The van der Waals surface area contributed by atoms with E-state index in [9.17, 15) is 18.0 Å². The standard InChI is InChI=1S/C20H11F3N4O/c21-14-7-11(8-15(22)19(14)23)17-9-18(26-10-25-17)27-20(28)13-5-6-24-16-4-2-1-3-12(13)16/h1-10H,(H,25,26,27,28). The zero-order valence-electron chi connectivity index (χ0n) is 14.2. The van der Waals surface area contributed by atoms with E-state index in [-0.39, 0.29) is 17.1 Å². The Hall–Kier alpha value is -3.81. The summed E-state index contributed by atoms with van der Waals surface area (Å²) in [6.07, 6.45) is 2.65. The third-order valence-electron chi connectivity index (χ3n) is 4.08. The molecule has 0 fully saturated rings. The van der Waals surface area contributed by atoms with E-state index in [0.29, 0.717) is 16.5 Å². The van der Waals surface area contributed by atoms with Gasteiger partial charge in [0.15, 0.2) is 17.5 Å². The van der Waals surface area contributed by atoms with Crippen molar-refractivity contribution in [2.24, 2.45) is 0 Å². The Morgan fingerprint density at radius 3 is 2.43 bits per heavy atom. The summed E-state index contributed by atoms with van der Waals surface area (Å²) in [4.78, 5) is 24.7. The molecule has 0 radical (unpaired) electrons. The van der Waals surface area contributed by atoms with Gasteiger partial charge in [0, 0.05) is 23.2 Å². The minimum atomic E-state index is -1.56. The summed E-state index contributed by atoms with van der Waals surface area (Å²) < 4.78 is 40.1. The number of carbonyl (C=O) groups excluding carboxylic acids is 1. The van der Waals surface area contributed by atoms with E-state index in [4.69, 9.17) is 0 Å². The average molecular weight is 380 g/mol. The molecule has 2 aromatic carbocycles. The monoisotopic (exact) mass is 380 g/mol. The Morgan fingerprint density at radius 1 is 0.893 bits per heavy atom. The van der Waals surface area contributed by atoms with Gasteiger partial charge in [0.25, 0.3) is 5.91 Å². The number of halogens is 3. The first-order chi connectivity index (χ1) is 13.5. The van der Waals surface area contributed by atoms with Crippen molar-refractivity contribution in [3.8, 4) is 11.3 Å². The molecule has 1 N–H and O–H groups in total. The highest BCUT2D eigenvalue weighted by Crippen LogP contribution is 2.24. The van der Waals surface area contributed by atoms with Crippen LogP contribution in [0.25, 0.3) is 22.2 Å². The second kappa shape index (κ2) is 7.07. The quantitative estimate of drug-likeness (QED) is 0.536. The minimum absolute atomic E-state index is 0.0173. The van der Waals surface area contributed by atoms with Crippen molar-refractivity contribution in [1.82, 2.24) is 15.0 Å². The zero-order chi connectivity index (χ0) is 19.7. The molecule has 5 nitrogen and oxygen atoms in total. The Bertz CT molecular complexity index is 1180. The molecule has 138 valence electrons. The fourth-order valence-electron chi connectivity index (χ4n) is 2.76. The molecule has 0 saturated carbocycles. The highest BCUT2D eigenvalue weighted by Gasteiger charge is 2.15. The molecule has 0 bridgehead atoms. The number of benzene rings is 2. The van der Waals surface area contributed by atoms with Crippen LogP contribution in [0.5, 0.6) is 0 Å². The van der Waals surface area contributed by atoms with Gasteiger partial charge in [-0.3, -0.25) is 9.78 Å². The van der Waals surface area contributed by atoms with Gasteiger partial charge in [0.2, 0.25) is 0 Å². The predicted molar refractivity (Wildman–Crippen MR) is 97.0 cm³/mol. The van der Waals surface area contributed by atoms with Gasteiger partial charge in [-0.15, -0.1) is 0 Å². The highest BCUT2D eigenvalue weighted by molar-refractivity contribution is 6.12. The van der Waals surface area contributed by atoms with Crippen molar-refractivity contribution in [3.63, 3.8) is 0 Å². The van der Waals surface area contributed by atoms with Gasteiger partial charge >= 0.3 is 0 Å². The van der Waals surface area contributed by atoms with Crippen LogP contribution >= 0.6 is 0 Å². The maximum atomic E-state index is 13.5. The van der Waals surface area contributed by atoms with Crippen LogP contribution in [0.15, 0.2) is 61.1 Å². The maximum Gasteiger partial charge on any atom is 0.257 e. The van der Waals surface area contributed by atoms with Crippen molar-refractivity contribution >= 4 is 22.6 Å². The molecule has 1 amide bonds. The zero-order valence-corrected chi connectivity index (χ0v) is 14.2. The molecule has 2 aromatic heterocycles. The fourth-order valence-corrected chi connectivity index (χ4v) is 2.76. The number of pyridine rings is 1. The predicted octanol–water partition coefficient (Wildman–Crippen LogP) is 4.36. The Kier molecular flexibility index (Phi) is 4.44. The first-order valence-electron chi connectivity index (χ1n) is 8.15. The molecule has 0 unspecified atom stereocenters. The van der Waals surface area contributed by atoms with E-state index in [1.54, 1.807) is 24.3 Å². The van der Waals surface area contributed by atoms with Gasteiger partial charge < -0.3 is 5.32 Å². The van der Waals surface area contributed by atoms with Crippen LogP contribution in [0.4, 0.5) is 19.0 Å². The Labute approximate surface area is 156 Å².